The monoisotopic (exact) mass is 325 g/mol. The van der Waals surface area contributed by atoms with Crippen LogP contribution in [0.3, 0.4) is 0 Å². The fourth-order valence-electron chi connectivity index (χ4n) is 2.73. The van der Waals surface area contributed by atoms with E-state index in [1.807, 2.05) is 4.90 Å². The van der Waals surface area contributed by atoms with E-state index in [-0.39, 0.29) is 18.3 Å². The molecule has 1 amide bonds. The Hall–Kier alpha value is -0.370. The maximum absolute atomic E-state index is 12.2. The minimum atomic E-state index is -3.12. The van der Waals surface area contributed by atoms with Gasteiger partial charge in [0.05, 0.1) is 6.26 Å². The van der Waals surface area contributed by atoms with Gasteiger partial charge in [-0.15, -0.1) is 12.4 Å². The number of sulfonamides is 1. The molecule has 20 heavy (non-hydrogen) atoms. The fraction of sp³-hybridized carbons (Fsp3) is 0.917. The standard InChI is InChI=1S/C12H23N3O3S.ClH/c1-19(17,18)15-8-6-14(7-9-15)12(16)10-11-2-4-13-5-3-11;/h11,13H,2-10H2,1H3;1H. The van der Waals surface area contributed by atoms with Gasteiger partial charge >= 0.3 is 0 Å². The number of nitrogens with zero attached hydrogens (tertiary/aromatic N) is 2. The molecule has 0 aromatic rings. The van der Waals surface area contributed by atoms with Crippen molar-refractivity contribution in [2.24, 2.45) is 5.92 Å². The van der Waals surface area contributed by atoms with Crippen molar-refractivity contribution in [2.45, 2.75) is 19.3 Å². The van der Waals surface area contributed by atoms with Gasteiger partial charge in [-0.3, -0.25) is 4.79 Å². The van der Waals surface area contributed by atoms with Crippen LogP contribution in [-0.2, 0) is 14.8 Å². The molecule has 2 fully saturated rings. The summed E-state index contributed by atoms with van der Waals surface area (Å²) in [5.74, 6) is 0.668. The van der Waals surface area contributed by atoms with Crippen LogP contribution in [0.1, 0.15) is 19.3 Å². The van der Waals surface area contributed by atoms with Crippen molar-refractivity contribution < 1.29 is 13.2 Å². The minimum absolute atomic E-state index is 0. The summed E-state index contributed by atoms with van der Waals surface area (Å²) in [6.45, 7) is 3.90. The molecule has 0 bridgehead atoms. The zero-order chi connectivity index (χ0) is 13.9. The predicted molar refractivity (Wildman–Crippen MR) is 80.5 cm³/mol. The van der Waals surface area contributed by atoms with Gasteiger partial charge in [0.25, 0.3) is 0 Å². The highest BCUT2D eigenvalue weighted by atomic mass is 35.5. The van der Waals surface area contributed by atoms with Crippen LogP contribution >= 0.6 is 12.4 Å². The second kappa shape index (κ2) is 7.59. The Morgan fingerprint density at radius 2 is 1.70 bits per heavy atom. The van der Waals surface area contributed by atoms with E-state index in [1.165, 1.54) is 10.6 Å². The molecule has 0 atom stereocenters. The van der Waals surface area contributed by atoms with Crippen molar-refractivity contribution in [3.05, 3.63) is 0 Å². The first-order valence-electron chi connectivity index (χ1n) is 6.90. The summed E-state index contributed by atoms with van der Waals surface area (Å²) >= 11 is 0. The maximum Gasteiger partial charge on any atom is 0.222 e. The van der Waals surface area contributed by atoms with Gasteiger partial charge in [0.1, 0.15) is 0 Å². The highest BCUT2D eigenvalue weighted by Gasteiger charge is 2.27. The Morgan fingerprint density at radius 3 is 2.20 bits per heavy atom. The quantitative estimate of drug-likeness (QED) is 0.787. The first-order chi connectivity index (χ1) is 8.97. The molecule has 0 radical (unpaired) electrons. The molecule has 0 aliphatic carbocycles. The van der Waals surface area contributed by atoms with E-state index < -0.39 is 10.0 Å². The molecule has 2 saturated heterocycles. The second-order valence-corrected chi connectivity index (χ2v) is 7.42. The third-order valence-electron chi connectivity index (χ3n) is 3.98. The Labute approximate surface area is 127 Å². The van der Waals surface area contributed by atoms with Crippen molar-refractivity contribution in [1.82, 2.24) is 14.5 Å². The van der Waals surface area contributed by atoms with Crippen LogP contribution in [-0.4, -0.2) is 69.1 Å². The van der Waals surface area contributed by atoms with Crippen LogP contribution in [0.25, 0.3) is 0 Å². The number of carbonyl (C=O) groups is 1. The number of rotatable bonds is 3. The molecule has 0 aromatic carbocycles. The van der Waals surface area contributed by atoms with E-state index in [0.717, 1.165) is 25.9 Å². The van der Waals surface area contributed by atoms with Crippen molar-refractivity contribution in [3.63, 3.8) is 0 Å². The van der Waals surface area contributed by atoms with E-state index in [0.29, 0.717) is 38.5 Å². The molecule has 6 nitrogen and oxygen atoms in total. The minimum Gasteiger partial charge on any atom is -0.340 e. The summed E-state index contributed by atoms with van der Waals surface area (Å²) < 4.78 is 24.2. The Kier molecular flexibility index (Phi) is 6.71. The summed E-state index contributed by atoms with van der Waals surface area (Å²) in [4.78, 5) is 14.0. The summed E-state index contributed by atoms with van der Waals surface area (Å²) in [7, 11) is -3.12. The first kappa shape index (κ1) is 17.7. The van der Waals surface area contributed by atoms with E-state index in [1.54, 1.807) is 0 Å². The largest absolute Gasteiger partial charge is 0.340 e. The predicted octanol–water partition coefficient (Wildman–Crippen LogP) is -0.0983. The van der Waals surface area contributed by atoms with Crippen LogP contribution in [0.2, 0.25) is 0 Å². The topological polar surface area (TPSA) is 69.7 Å². The smallest absolute Gasteiger partial charge is 0.222 e. The van der Waals surface area contributed by atoms with Gasteiger partial charge in [-0.2, -0.15) is 4.31 Å². The van der Waals surface area contributed by atoms with E-state index >= 15 is 0 Å². The lowest BCUT2D eigenvalue weighted by atomic mass is 9.94. The molecule has 2 rings (SSSR count). The number of halogens is 1. The van der Waals surface area contributed by atoms with Crippen molar-refractivity contribution >= 4 is 28.3 Å². The zero-order valence-electron chi connectivity index (χ0n) is 11.9. The van der Waals surface area contributed by atoms with Crippen molar-refractivity contribution in [2.75, 3.05) is 45.5 Å². The summed E-state index contributed by atoms with van der Waals surface area (Å²) in [5, 5.41) is 3.29. The molecule has 1 N–H and O–H groups in total. The SMILES string of the molecule is CS(=O)(=O)N1CCN(C(=O)CC2CCNCC2)CC1.Cl. The summed E-state index contributed by atoms with van der Waals surface area (Å²) in [6, 6.07) is 0. The van der Waals surface area contributed by atoms with Gasteiger partial charge in [-0.05, 0) is 31.8 Å². The molecular formula is C12H24ClN3O3S. The van der Waals surface area contributed by atoms with E-state index in [4.69, 9.17) is 0 Å². The van der Waals surface area contributed by atoms with Crippen LogP contribution in [0.4, 0.5) is 0 Å². The lowest BCUT2D eigenvalue weighted by Gasteiger charge is -2.34. The lowest BCUT2D eigenvalue weighted by Crippen LogP contribution is -2.50. The fourth-order valence-corrected chi connectivity index (χ4v) is 3.56. The highest BCUT2D eigenvalue weighted by molar-refractivity contribution is 7.88. The maximum atomic E-state index is 12.2. The van der Waals surface area contributed by atoms with Gasteiger partial charge in [0, 0.05) is 32.6 Å². The highest BCUT2D eigenvalue weighted by Crippen LogP contribution is 2.18. The molecule has 8 heteroatoms. The number of carbonyl (C=O) groups excluding carboxylic acids is 1. The molecule has 0 spiro atoms. The third-order valence-corrected chi connectivity index (χ3v) is 5.29. The number of nitrogens with one attached hydrogen (secondary N) is 1. The van der Waals surface area contributed by atoms with Crippen LogP contribution in [0, 0.1) is 5.92 Å². The number of hydrogen-bond donors (Lipinski definition) is 1. The van der Waals surface area contributed by atoms with Gasteiger partial charge in [-0.25, -0.2) is 8.42 Å². The number of piperidine rings is 1. The number of amides is 1. The van der Waals surface area contributed by atoms with Crippen LogP contribution < -0.4 is 5.32 Å². The molecular weight excluding hydrogens is 302 g/mol. The Morgan fingerprint density at radius 1 is 1.15 bits per heavy atom. The molecule has 118 valence electrons. The number of hydrogen-bond acceptors (Lipinski definition) is 4. The average molecular weight is 326 g/mol. The Balaban J connectivity index is 0.00000200. The molecule has 2 heterocycles. The van der Waals surface area contributed by atoms with Gasteiger partial charge in [0.2, 0.25) is 15.9 Å². The number of piperazine rings is 1. The average Bonchev–Trinajstić information content (AvgIpc) is 2.39. The normalized spacial score (nSPS) is 22.4. The molecule has 0 aromatic heterocycles. The van der Waals surface area contributed by atoms with E-state index in [2.05, 4.69) is 5.32 Å². The van der Waals surface area contributed by atoms with Gasteiger partial charge in [0.15, 0.2) is 0 Å². The van der Waals surface area contributed by atoms with Crippen molar-refractivity contribution in [1.29, 1.82) is 0 Å². The molecule has 0 saturated carbocycles. The van der Waals surface area contributed by atoms with Crippen LogP contribution in [0.5, 0.6) is 0 Å². The first-order valence-corrected chi connectivity index (χ1v) is 8.75. The third kappa shape index (κ3) is 4.87. The molecule has 0 unspecified atom stereocenters. The van der Waals surface area contributed by atoms with Crippen LogP contribution in [0.15, 0.2) is 0 Å². The molecule has 2 aliphatic rings. The Bertz CT molecular complexity index is 416. The summed E-state index contributed by atoms with van der Waals surface area (Å²) in [6.07, 6.45) is 3.96. The second-order valence-electron chi connectivity index (χ2n) is 5.44. The lowest BCUT2D eigenvalue weighted by molar-refractivity contribution is -0.133. The van der Waals surface area contributed by atoms with E-state index in [9.17, 15) is 13.2 Å². The van der Waals surface area contributed by atoms with Gasteiger partial charge in [-0.1, -0.05) is 0 Å². The van der Waals surface area contributed by atoms with Crippen molar-refractivity contribution in [3.8, 4) is 0 Å². The summed E-state index contributed by atoms with van der Waals surface area (Å²) in [5.41, 5.74) is 0. The zero-order valence-corrected chi connectivity index (χ0v) is 13.5. The van der Waals surface area contributed by atoms with Gasteiger partial charge < -0.3 is 10.2 Å². The molecule has 2 aliphatic heterocycles.